The van der Waals surface area contributed by atoms with Gasteiger partial charge in [-0.2, -0.15) is 5.10 Å². The molecule has 28 heavy (non-hydrogen) atoms. The largest absolute Gasteiger partial charge is 0.333 e. The zero-order valence-electron chi connectivity index (χ0n) is 16.1. The Morgan fingerprint density at radius 3 is 2.57 bits per heavy atom. The molecule has 7 heteroatoms. The van der Waals surface area contributed by atoms with Crippen LogP contribution in [0.25, 0.3) is 5.82 Å². The predicted molar refractivity (Wildman–Crippen MR) is 111 cm³/mol. The summed E-state index contributed by atoms with van der Waals surface area (Å²) in [4.78, 5) is 19.5. The number of carbonyl (C=O) groups excluding carboxylic acids is 1. The SMILES string of the molecule is Cc1cc(C)n(-c2ccc(Cl)c(C(=O)N(CCCN)Cc3ccccc3)n2)n1. The maximum Gasteiger partial charge on any atom is 0.274 e. The van der Waals surface area contributed by atoms with Gasteiger partial charge in [-0.1, -0.05) is 41.9 Å². The molecule has 2 aromatic heterocycles. The highest BCUT2D eigenvalue weighted by molar-refractivity contribution is 6.33. The first-order chi connectivity index (χ1) is 13.5. The number of hydrogen-bond donors (Lipinski definition) is 1. The fourth-order valence-electron chi connectivity index (χ4n) is 3.05. The molecule has 146 valence electrons. The van der Waals surface area contributed by atoms with Crippen LogP contribution in [-0.4, -0.2) is 38.7 Å². The molecule has 0 unspecified atom stereocenters. The molecule has 2 heterocycles. The van der Waals surface area contributed by atoms with E-state index in [4.69, 9.17) is 17.3 Å². The Balaban J connectivity index is 1.93. The van der Waals surface area contributed by atoms with Crippen LogP contribution in [0.2, 0.25) is 5.02 Å². The van der Waals surface area contributed by atoms with Crippen molar-refractivity contribution in [1.82, 2.24) is 19.7 Å². The van der Waals surface area contributed by atoms with Crippen LogP contribution in [0, 0.1) is 13.8 Å². The molecular weight excluding hydrogens is 374 g/mol. The second kappa shape index (κ2) is 8.99. The van der Waals surface area contributed by atoms with Gasteiger partial charge in [-0.25, -0.2) is 9.67 Å². The highest BCUT2D eigenvalue weighted by Gasteiger charge is 2.21. The molecule has 0 atom stereocenters. The number of benzene rings is 1. The number of amides is 1. The van der Waals surface area contributed by atoms with Crippen LogP contribution in [0.5, 0.6) is 0 Å². The normalized spacial score (nSPS) is 10.9. The molecule has 3 aromatic rings. The van der Waals surface area contributed by atoms with E-state index >= 15 is 0 Å². The molecule has 6 nitrogen and oxygen atoms in total. The Labute approximate surface area is 169 Å². The fraction of sp³-hybridized carbons (Fsp3) is 0.286. The van der Waals surface area contributed by atoms with Crippen LogP contribution in [0.15, 0.2) is 48.5 Å². The zero-order chi connectivity index (χ0) is 20.1. The molecule has 3 rings (SSSR count). The Morgan fingerprint density at radius 2 is 1.93 bits per heavy atom. The Kier molecular flexibility index (Phi) is 6.44. The fourth-order valence-corrected chi connectivity index (χ4v) is 3.23. The van der Waals surface area contributed by atoms with Crippen molar-refractivity contribution in [3.05, 3.63) is 76.2 Å². The van der Waals surface area contributed by atoms with Gasteiger partial charge in [0, 0.05) is 18.8 Å². The van der Waals surface area contributed by atoms with Gasteiger partial charge in [0.1, 0.15) is 5.69 Å². The Morgan fingerprint density at radius 1 is 1.18 bits per heavy atom. The molecule has 0 radical (unpaired) electrons. The van der Waals surface area contributed by atoms with E-state index in [9.17, 15) is 4.79 Å². The third kappa shape index (κ3) is 4.58. The summed E-state index contributed by atoms with van der Waals surface area (Å²) >= 11 is 6.34. The van der Waals surface area contributed by atoms with E-state index < -0.39 is 0 Å². The molecule has 0 bridgehead atoms. The van der Waals surface area contributed by atoms with Crippen molar-refractivity contribution in [3.8, 4) is 5.82 Å². The van der Waals surface area contributed by atoms with Gasteiger partial charge in [-0.05, 0) is 50.6 Å². The lowest BCUT2D eigenvalue weighted by molar-refractivity contribution is 0.0736. The first kappa shape index (κ1) is 20.0. The summed E-state index contributed by atoms with van der Waals surface area (Å²) in [7, 11) is 0. The quantitative estimate of drug-likeness (QED) is 0.661. The number of halogens is 1. The lowest BCUT2D eigenvalue weighted by Gasteiger charge is -2.23. The first-order valence-corrected chi connectivity index (χ1v) is 9.61. The van der Waals surface area contributed by atoms with Crippen molar-refractivity contribution in [3.63, 3.8) is 0 Å². The molecule has 0 saturated heterocycles. The van der Waals surface area contributed by atoms with Crippen LogP contribution in [0.1, 0.15) is 33.9 Å². The van der Waals surface area contributed by atoms with Crippen LogP contribution < -0.4 is 5.73 Å². The van der Waals surface area contributed by atoms with Gasteiger partial charge in [0.25, 0.3) is 5.91 Å². The molecule has 0 spiro atoms. The molecular formula is C21H24ClN5O. The van der Waals surface area contributed by atoms with Gasteiger partial charge >= 0.3 is 0 Å². The summed E-state index contributed by atoms with van der Waals surface area (Å²) in [5.74, 6) is 0.350. The lowest BCUT2D eigenvalue weighted by atomic mass is 10.2. The van der Waals surface area contributed by atoms with E-state index in [2.05, 4.69) is 10.1 Å². The molecule has 1 aromatic carbocycles. The van der Waals surface area contributed by atoms with Crippen molar-refractivity contribution in [2.45, 2.75) is 26.8 Å². The number of aryl methyl sites for hydroxylation is 2. The van der Waals surface area contributed by atoms with Gasteiger partial charge in [-0.15, -0.1) is 0 Å². The molecule has 1 amide bonds. The molecule has 0 fully saturated rings. The standard InChI is InChI=1S/C21H24ClN5O/c1-15-13-16(2)27(25-15)19-10-9-18(22)20(24-19)21(28)26(12-6-11-23)14-17-7-4-3-5-8-17/h3-5,7-10,13H,6,11-12,14,23H2,1-2H3. The highest BCUT2D eigenvalue weighted by atomic mass is 35.5. The number of pyridine rings is 1. The summed E-state index contributed by atoms with van der Waals surface area (Å²) in [6.45, 7) is 5.38. The third-order valence-electron chi connectivity index (χ3n) is 4.40. The number of nitrogens with zero attached hydrogens (tertiary/aromatic N) is 4. The minimum atomic E-state index is -0.217. The topological polar surface area (TPSA) is 77.0 Å². The minimum absolute atomic E-state index is 0.217. The van der Waals surface area contributed by atoms with Crippen LogP contribution in [0.4, 0.5) is 0 Å². The van der Waals surface area contributed by atoms with Crippen LogP contribution in [0.3, 0.4) is 0 Å². The molecule has 0 aliphatic carbocycles. The Bertz CT molecular complexity index is 955. The van der Waals surface area contributed by atoms with E-state index in [0.717, 1.165) is 17.0 Å². The summed E-state index contributed by atoms with van der Waals surface area (Å²) < 4.78 is 1.71. The minimum Gasteiger partial charge on any atom is -0.333 e. The second-order valence-electron chi connectivity index (χ2n) is 6.69. The van der Waals surface area contributed by atoms with E-state index in [0.29, 0.717) is 36.9 Å². The lowest BCUT2D eigenvalue weighted by Crippen LogP contribution is -2.33. The van der Waals surface area contributed by atoms with Crippen LogP contribution >= 0.6 is 11.6 Å². The third-order valence-corrected chi connectivity index (χ3v) is 4.70. The van der Waals surface area contributed by atoms with E-state index in [-0.39, 0.29) is 11.6 Å². The average Bonchev–Trinajstić information content (AvgIpc) is 3.04. The molecule has 0 saturated carbocycles. The summed E-state index contributed by atoms with van der Waals surface area (Å²) in [5, 5.41) is 4.76. The zero-order valence-corrected chi connectivity index (χ0v) is 16.9. The Hall–Kier alpha value is -2.70. The monoisotopic (exact) mass is 397 g/mol. The van der Waals surface area contributed by atoms with Gasteiger partial charge in [0.05, 0.1) is 10.7 Å². The first-order valence-electron chi connectivity index (χ1n) is 9.23. The van der Waals surface area contributed by atoms with Gasteiger partial charge < -0.3 is 10.6 Å². The summed E-state index contributed by atoms with van der Waals surface area (Å²) in [6, 6.07) is 15.3. The summed E-state index contributed by atoms with van der Waals surface area (Å²) in [6.07, 6.45) is 0.702. The molecule has 0 aliphatic rings. The van der Waals surface area contributed by atoms with E-state index in [1.807, 2.05) is 50.2 Å². The number of rotatable bonds is 7. The van der Waals surface area contributed by atoms with Crippen molar-refractivity contribution in [2.24, 2.45) is 5.73 Å². The van der Waals surface area contributed by atoms with E-state index in [1.165, 1.54) is 0 Å². The van der Waals surface area contributed by atoms with Crippen molar-refractivity contribution >= 4 is 17.5 Å². The number of nitrogens with two attached hydrogens (primary N) is 1. The highest BCUT2D eigenvalue weighted by Crippen LogP contribution is 2.20. The van der Waals surface area contributed by atoms with Crippen LogP contribution in [-0.2, 0) is 6.54 Å². The predicted octanol–water partition coefficient (Wildman–Crippen LogP) is 3.53. The smallest absolute Gasteiger partial charge is 0.274 e. The maximum absolute atomic E-state index is 13.3. The second-order valence-corrected chi connectivity index (χ2v) is 7.10. The number of aromatic nitrogens is 3. The maximum atomic E-state index is 13.3. The molecule has 0 aliphatic heterocycles. The average molecular weight is 398 g/mol. The van der Waals surface area contributed by atoms with Crippen molar-refractivity contribution in [1.29, 1.82) is 0 Å². The van der Waals surface area contributed by atoms with Crippen molar-refractivity contribution < 1.29 is 4.79 Å². The van der Waals surface area contributed by atoms with Crippen molar-refractivity contribution in [2.75, 3.05) is 13.1 Å². The van der Waals surface area contributed by atoms with E-state index in [1.54, 1.807) is 21.7 Å². The van der Waals surface area contributed by atoms with Gasteiger partial charge in [0.2, 0.25) is 0 Å². The number of hydrogen-bond acceptors (Lipinski definition) is 4. The van der Waals surface area contributed by atoms with Gasteiger partial charge in [0.15, 0.2) is 5.82 Å². The molecule has 2 N–H and O–H groups in total. The van der Waals surface area contributed by atoms with Gasteiger partial charge in [-0.3, -0.25) is 4.79 Å². The number of carbonyl (C=O) groups is 1. The summed E-state index contributed by atoms with van der Waals surface area (Å²) in [5.41, 5.74) is 8.75.